The molecular weight excluding hydrogens is 196 g/mol. The van der Waals surface area contributed by atoms with Crippen LogP contribution in [0.1, 0.15) is 0 Å². The molecule has 3 aromatic rings. The molecule has 0 aliphatic rings. The quantitative estimate of drug-likeness (QED) is 0.629. The molecule has 15 heavy (non-hydrogen) atoms. The van der Waals surface area contributed by atoms with Crippen LogP contribution in [0.2, 0.25) is 0 Å². The van der Waals surface area contributed by atoms with Crippen molar-refractivity contribution in [2.45, 2.75) is 0 Å². The summed E-state index contributed by atoms with van der Waals surface area (Å²) in [5.74, 6) is 0.623. The maximum Gasteiger partial charge on any atom is 0.290 e. The highest BCUT2D eigenvalue weighted by molar-refractivity contribution is 5.60. The zero-order valence-electron chi connectivity index (χ0n) is 7.54. The Balaban J connectivity index is 2.32. The zero-order chi connectivity index (χ0) is 10.3. The third-order valence-corrected chi connectivity index (χ3v) is 2.08. The van der Waals surface area contributed by atoms with Crippen LogP contribution in [-0.4, -0.2) is 19.8 Å². The van der Waals surface area contributed by atoms with Crippen LogP contribution in [-0.2, 0) is 0 Å². The topological polar surface area (TPSA) is 76.2 Å². The van der Waals surface area contributed by atoms with Gasteiger partial charge in [-0.2, -0.15) is 10.2 Å². The number of aromatic nitrogens is 4. The molecule has 3 rings (SSSR count). The molecule has 0 fully saturated rings. The Labute approximate surface area is 83.2 Å². The van der Waals surface area contributed by atoms with E-state index < -0.39 is 0 Å². The number of nitrogens with one attached hydrogen (secondary N) is 1. The van der Waals surface area contributed by atoms with E-state index in [0.717, 1.165) is 0 Å². The molecule has 0 aliphatic heterocycles. The summed E-state index contributed by atoms with van der Waals surface area (Å²) in [5.41, 5.74) is 0.776. The normalized spacial score (nSPS) is 10.9. The lowest BCUT2D eigenvalue weighted by Crippen LogP contribution is -2.10. The Morgan fingerprint density at radius 3 is 3.13 bits per heavy atom. The monoisotopic (exact) mass is 202 g/mol. The van der Waals surface area contributed by atoms with E-state index in [-0.39, 0.29) is 5.56 Å². The van der Waals surface area contributed by atoms with Gasteiger partial charge in [0.2, 0.25) is 0 Å². The summed E-state index contributed by atoms with van der Waals surface area (Å²) in [7, 11) is 0. The van der Waals surface area contributed by atoms with Gasteiger partial charge < -0.3 is 4.42 Å². The van der Waals surface area contributed by atoms with Gasteiger partial charge in [-0.25, -0.2) is 9.61 Å². The minimum Gasteiger partial charge on any atom is -0.463 e. The van der Waals surface area contributed by atoms with Crippen LogP contribution < -0.4 is 5.56 Å². The van der Waals surface area contributed by atoms with Gasteiger partial charge in [0.25, 0.3) is 5.56 Å². The molecule has 3 aromatic heterocycles. The van der Waals surface area contributed by atoms with Crippen LogP contribution in [0.15, 0.2) is 40.0 Å². The standard InChI is InChI=1S/C9H6N4O2/c14-9-7-4-6(8-2-1-3-15-8)12-13(7)5-10-11-9/h1-5H,(H,11,14). The van der Waals surface area contributed by atoms with Crippen molar-refractivity contribution in [3.05, 3.63) is 41.1 Å². The molecule has 74 valence electrons. The zero-order valence-corrected chi connectivity index (χ0v) is 7.54. The van der Waals surface area contributed by atoms with Crippen LogP contribution >= 0.6 is 0 Å². The fourth-order valence-corrected chi connectivity index (χ4v) is 1.40. The molecule has 0 atom stereocenters. The average molecular weight is 202 g/mol. The smallest absolute Gasteiger partial charge is 0.290 e. The molecule has 1 N–H and O–H groups in total. The van der Waals surface area contributed by atoms with Crippen molar-refractivity contribution in [1.29, 1.82) is 0 Å². The summed E-state index contributed by atoms with van der Waals surface area (Å²) in [6.45, 7) is 0. The molecule has 0 bridgehead atoms. The van der Waals surface area contributed by atoms with Gasteiger partial charge in [0.15, 0.2) is 5.76 Å². The van der Waals surface area contributed by atoms with Crippen molar-refractivity contribution in [2.24, 2.45) is 0 Å². The van der Waals surface area contributed by atoms with Crippen LogP contribution in [0.4, 0.5) is 0 Å². The minimum atomic E-state index is -0.275. The van der Waals surface area contributed by atoms with Gasteiger partial charge in [-0.15, -0.1) is 0 Å². The maximum absolute atomic E-state index is 11.4. The Kier molecular flexibility index (Phi) is 1.49. The molecule has 0 aromatic carbocycles. The Morgan fingerprint density at radius 2 is 2.40 bits per heavy atom. The highest BCUT2D eigenvalue weighted by atomic mass is 16.3. The van der Waals surface area contributed by atoms with E-state index in [1.807, 2.05) is 0 Å². The van der Waals surface area contributed by atoms with Crippen molar-refractivity contribution >= 4 is 5.52 Å². The molecule has 0 saturated carbocycles. The number of hydrogen-bond acceptors (Lipinski definition) is 4. The Morgan fingerprint density at radius 1 is 1.47 bits per heavy atom. The average Bonchev–Trinajstić information content (AvgIpc) is 2.86. The molecule has 0 unspecified atom stereocenters. The summed E-state index contributed by atoms with van der Waals surface area (Å²) in [6, 6.07) is 5.20. The fraction of sp³-hybridized carbons (Fsp3) is 0. The molecule has 0 amide bonds. The van der Waals surface area contributed by atoms with Gasteiger partial charge in [0, 0.05) is 6.07 Å². The minimum absolute atomic E-state index is 0.275. The van der Waals surface area contributed by atoms with Gasteiger partial charge >= 0.3 is 0 Å². The third kappa shape index (κ3) is 1.15. The highest BCUT2D eigenvalue weighted by Gasteiger charge is 2.08. The van der Waals surface area contributed by atoms with Gasteiger partial charge in [-0.3, -0.25) is 4.79 Å². The van der Waals surface area contributed by atoms with E-state index in [1.54, 1.807) is 24.5 Å². The van der Waals surface area contributed by atoms with Crippen LogP contribution in [0.5, 0.6) is 0 Å². The van der Waals surface area contributed by atoms with Crippen molar-refractivity contribution in [3.8, 4) is 11.5 Å². The maximum atomic E-state index is 11.4. The van der Waals surface area contributed by atoms with E-state index in [0.29, 0.717) is 17.0 Å². The first-order valence-corrected chi connectivity index (χ1v) is 4.31. The van der Waals surface area contributed by atoms with E-state index in [4.69, 9.17) is 4.42 Å². The number of furan rings is 1. The molecule has 0 spiro atoms. The number of rotatable bonds is 1. The van der Waals surface area contributed by atoms with Crippen molar-refractivity contribution in [2.75, 3.05) is 0 Å². The molecule has 0 radical (unpaired) electrons. The Hall–Kier alpha value is -2.37. The lowest BCUT2D eigenvalue weighted by atomic mass is 10.3. The fourth-order valence-electron chi connectivity index (χ4n) is 1.40. The predicted molar refractivity (Wildman–Crippen MR) is 51.3 cm³/mol. The first-order valence-electron chi connectivity index (χ1n) is 4.31. The molecular formula is C9H6N4O2. The second-order valence-electron chi connectivity index (χ2n) is 3.02. The second kappa shape index (κ2) is 2.81. The van der Waals surface area contributed by atoms with Crippen molar-refractivity contribution < 1.29 is 4.42 Å². The number of H-pyrrole nitrogens is 1. The van der Waals surface area contributed by atoms with Crippen molar-refractivity contribution in [1.82, 2.24) is 19.8 Å². The second-order valence-corrected chi connectivity index (χ2v) is 3.02. The number of nitrogens with zero attached hydrogens (tertiary/aromatic N) is 3. The van der Waals surface area contributed by atoms with Crippen LogP contribution in [0.3, 0.4) is 0 Å². The van der Waals surface area contributed by atoms with Crippen molar-refractivity contribution in [3.63, 3.8) is 0 Å². The largest absolute Gasteiger partial charge is 0.463 e. The Bertz CT molecular complexity index is 650. The number of aromatic amines is 1. The van der Waals surface area contributed by atoms with E-state index in [1.165, 1.54) is 10.8 Å². The molecule has 0 saturated heterocycles. The summed E-state index contributed by atoms with van der Waals surface area (Å²) < 4.78 is 6.59. The molecule has 6 heteroatoms. The van der Waals surface area contributed by atoms with E-state index in [2.05, 4.69) is 15.3 Å². The first-order chi connectivity index (χ1) is 7.34. The van der Waals surface area contributed by atoms with Gasteiger partial charge in [-0.05, 0) is 12.1 Å². The summed E-state index contributed by atoms with van der Waals surface area (Å²) >= 11 is 0. The molecule has 6 nitrogen and oxygen atoms in total. The summed E-state index contributed by atoms with van der Waals surface area (Å²) in [4.78, 5) is 11.4. The van der Waals surface area contributed by atoms with Gasteiger partial charge in [-0.1, -0.05) is 0 Å². The van der Waals surface area contributed by atoms with Crippen LogP contribution in [0, 0.1) is 0 Å². The van der Waals surface area contributed by atoms with E-state index in [9.17, 15) is 4.79 Å². The summed E-state index contributed by atoms with van der Waals surface area (Å²) in [6.07, 6.45) is 2.99. The first kappa shape index (κ1) is 7.98. The SMILES string of the molecule is O=c1[nH]ncn2nc(-c3ccco3)cc12. The number of fused-ring (bicyclic) bond motifs is 1. The summed E-state index contributed by atoms with van der Waals surface area (Å²) in [5, 5.41) is 10.1. The predicted octanol–water partition coefficient (Wildman–Crippen LogP) is 0.678. The molecule has 0 aliphatic carbocycles. The third-order valence-electron chi connectivity index (χ3n) is 2.08. The van der Waals surface area contributed by atoms with Gasteiger partial charge in [0.1, 0.15) is 17.5 Å². The van der Waals surface area contributed by atoms with E-state index >= 15 is 0 Å². The highest BCUT2D eigenvalue weighted by Crippen LogP contribution is 2.17. The lowest BCUT2D eigenvalue weighted by molar-refractivity contribution is 0.579. The number of hydrogen-bond donors (Lipinski definition) is 1. The lowest BCUT2D eigenvalue weighted by Gasteiger charge is -1.87. The van der Waals surface area contributed by atoms with Gasteiger partial charge in [0.05, 0.1) is 6.26 Å². The van der Waals surface area contributed by atoms with Crippen LogP contribution in [0.25, 0.3) is 17.0 Å². The molecule has 3 heterocycles.